The van der Waals surface area contributed by atoms with Crippen molar-refractivity contribution in [1.82, 2.24) is 9.80 Å². The maximum Gasteiger partial charge on any atom is 0.0594 e. The molecule has 116 valence electrons. The topological polar surface area (TPSA) is 15.7 Å². The minimum Gasteiger partial charge on any atom is -0.379 e. The SMILES string of the molecule is CC.CCN1CCC(C)CC1.CCN1CCOCC1. The Morgan fingerprint density at radius 3 is 1.63 bits per heavy atom. The molecule has 2 saturated heterocycles. The molecule has 3 heteroatoms. The van der Waals surface area contributed by atoms with Gasteiger partial charge in [0.2, 0.25) is 0 Å². The lowest BCUT2D eigenvalue weighted by Crippen LogP contribution is -2.35. The fourth-order valence-corrected chi connectivity index (χ4v) is 2.30. The molecule has 0 aromatic carbocycles. The van der Waals surface area contributed by atoms with E-state index in [1.807, 2.05) is 13.8 Å². The molecule has 0 saturated carbocycles. The van der Waals surface area contributed by atoms with Crippen molar-refractivity contribution in [3.05, 3.63) is 0 Å². The number of nitrogens with zero attached hydrogens (tertiary/aromatic N) is 2. The van der Waals surface area contributed by atoms with Crippen LogP contribution in [0.25, 0.3) is 0 Å². The van der Waals surface area contributed by atoms with Gasteiger partial charge in [0.05, 0.1) is 13.2 Å². The van der Waals surface area contributed by atoms with Gasteiger partial charge in [-0.1, -0.05) is 34.6 Å². The van der Waals surface area contributed by atoms with Crippen LogP contribution in [0, 0.1) is 5.92 Å². The maximum atomic E-state index is 5.16. The molecule has 0 aromatic heterocycles. The van der Waals surface area contributed by atoms with Crippen molar-refractivity contribution in [2.24, 2.45) is 5.92 Å². The van der Waals surface area contributed by atoms with Gasteiger partial charge in [-0.15, -0.1) is 0 Å². The maximum absolute atomic E-state index is 5.16. The van der Waals surface area contributed by atoms with Crippen molar-refractivity contribution < 1.29 is 4.74 Å². The number of piperidine rings is 1. The lowest BCUT2D eigenvalue weighted by atomic mass is 9.99. The van der Waals surface area contributed by atoms with Crippen LogP contribution < -0.4 is 0 Å². The predicted molar refractivity (Wildman–Crippen MR) is 84.8 cm³/mol. The van der Waals surface area contributed by atoms with Crippen molar-refractivity contribution in [3.8, 4) is 0 Å². The molecule has 3 nitrogen and oxygen atoms in total. The van der Waals surface area contributed by atoms with Crippen LogP contribution in [0.5, 0.6) is 0 Å². The molecule has 0 radical (unpaired) electrons. The fourth-order valence-electron chi connectivity index (χ4n) is 2.30. The second kappa shape index (κ2) is 12.9. The molecule has 0 spiro atoms. The highest BCUT2D eigenvalue weighted by atomic mass is 16.5. The molecule has 2 aliphatic rings. The van der Waals surface area contributed by atoms with Crippen LogP contribution in [0.15, 0.2) is 0 Å². The first-order valence-corrected chi connectivity index (χ1v) is 8.28. The molecule has 0 unspecified atom stereocenters. The molecule has 2 rings (SSSR count). The summed E-state index contributed by atoms with van der Waals surface area (Å²) in [5.41, 5.74) is 0. The van der Waals surface area contributed by atoms with Gasteiger partial charge in [0.1, 0.15) is 0 Å². The number of likely N-dealkylation sites (N-methyl/N-ethyl adjacent to an activating group) is 1. The normalized spacial score (nSPS) is 21.9. The Balaban J connectivity index is 0.000000303. The molecule has 0 bridgehead atoms. The number of rotatable bonds is 2. The third kappa shape index (κ3) is 9.42. The highest BCUT2D eigenvalue weighted by Gasteiger charge is 2.12. The van der Waals surface area contributed by atoms with Gasteiger partial charge in [0, 0.05) is 13.1 Å². The highest BCUT2D eigenvalue weighted by Crippen LogP contribution is 2.14. The van der Waals surface area contributed by atoms with E-state index in [0.29, 0.717) is 0 Å². The lowest BCUT2D eigenvalue weighted by molar-refractivity contribution is 0.0405. The number of likely N-dealkylation sites (tertiary alicyclic amines) is 1. The summed E-state index contributed by atoms with van der Waals surface area (Å²) in [6, 6.07) is 0. The summed E-state index contributed by atoms with van der Waals surface area (Å²) in [7, 11) is 0. The van der Waals surface area contributed by atoms with E-state index < -0.39 is 0 Å². The highest BCUT2D eigenvalue weighted by molar-refractivity contribution is 4.67. The molecular weight excluding hydrogens is 236 g/mol. The van der Waals surface area contributed by atoms with Crippen LogP contribution in [0.4, 0.5) is 0 Å². The van der Waals surface area contributed by atoms with Gasteiger partial charge in [0.25, 0.3) is 0 Å². The Labute approximate surface area is 121 Å². The summed E-state index contributed by atoms with van der Waals surface area (Å²) < 4.78 is 5.16. The van der Waals surface area contributed by atoms with Crippen LogP contribution >= 0.6 is 0 Å². The molecule has 2 heterocycles. The Morgan fingerprint density at radius 1 is 0.842 bits per heavy atom. The molecule has 19 heavy (non-hydrogen) atoms. The van der Waals surface area contributed by atoms with Crippen molar-refractivity contribution in [2.45, 2.75) is 47.5 Å². The van der Waals surface area contributed by atoms with E-state index in [2.05, 4.69) is 30.6 Å². The van der Waals surface area contributed by atoms with Crippen LogP contribution in [0.2, 0.25) is 0 Å². The van der Waals surface area contributed by atoms with Gasteiger partial charge >= 0.3 is 0 Å². The first-order chi connectivity index (χ1) is 9.26. The van der Waals surface area contributed by atoms with Crippen LogP contribution in [0.3, 0.4) is 0 Å². The van der Waals surface area contributed by atoms with E-state index in [4.69, 9.17) is 4.74 Å². The first-order valence-electron chi connectivity index (χ1n) is 8.28. The number of ether oxygens (including phenoxy) is 1. The number of hydrogen-bond donors (Lipinski definition) is 0. The summed E-state index contributed by atoms with van der Waals surface area (Å²) in [4.78, 5) is 4.92. The third-order valence-corrected chi connectivity index (χ3v) is 3.87. The largest absolute Gasteiger partial charge is 0.379 e. The quantitative estimate of drug-likeness (QED) is 0.768. The standard InChI is InChI=1S/C8H17N.C6H13NO.C2H6/c1-3-9-6-4-8(2)5-7-9;1-2-7-3-5-8-6-4-7;1-2/h8H,3-7H2,1-2H3;2-6H2,1H3;1-2H3. The van der Waals surface area contributed by atoms with E-state index in [9.17, 15) is 0 Å². The van der Waals surface area contributed by atoms with E-state index in [0.717, 1.165) is 32.2 Å². The van der Waals surface area contributed by atoms with E-state index >= 15 is 0 Å². The number of hydrogen-bond acceptors (Lipinski definition) is 3. The van der Waals surface area contributed by atoms with Crippen molar-refractivity contribution in [3.63, 3.8) is 0 Å². The van der Waals surface area contributed by atoms with Crippen molar-refractivity contribution in [2.75, 3.05) is 52.5 Å². The van der Waals surface area contributed by atoms with Crippen LogP contribution in [0.1, 0.15) is 47.5 Å². The van der Waals surface area contributed by atoms with E-state index in [1.54, 1.807) is 0 Å². The zero-order chi connectivity index (χ0) is 14.5. The Kier molecular flexibility index (Phi) is 12.8. The summed E-state index contributed by atoms with van der Waals surface area (Å²) in [6.45, 7) is 20.0. The zero-order valence-corrected chi connectivity index (χ0v) is 14.0. The predicted octanol–water partition coefficient (Wildman–Crippen LogP) is 3.10. The van der Waals surface area contributed by atoms with E-state index in [1.165, 1.54) is 39.0 Å². The van der Waals surface area contributed by atoms with Crippen LogP contribution in [-0.4, -0.2) is 62.3 Å². The molecule has 0 N–H and O–H groups in total. The van der Waals surface area contributed by atoms with Gasteiger partial charge in [-0.2, -0.15) is 0 Å². The van der Waals surface area contributed by atoms with Gasteiger partial charge in [-0.05, 0) is 44.9 Å². The Morgan fingerprint density at radius 2 is 1.26 bits per heavy atom. The average molecular weight is 272 g/mol. The zero-order valence-electron chi connectivity index (χ0n) is 14.0. The second-order valence-corrected chi connectivity index (χ2v) is 5.16. The molecule has 0 aliphatic carbocycles. The Bertz CT molecular complexity index is 174. The summed E-state index contributed by atoms with van der Waals surface area (Å²) >= 11 is 0. The molecular formula is C16H36N2O. The minimum absolute atomic E-state index is 0.924. The van der Waals surface area contributed by atoms with Crippen molar-refractivity contribution >= 4 is 0 Å². The fraction of sp³-hybridized carbons (Fsp3) is 1.00. The Hall–Kier alpha value is -0.120. The molecule has 2 fully saturated rings. The van der Waals surface area contributed by atoms with Gasteiger partial charge in [0.15, 0.2) is 0 Å². The lowest BCUT2D eigenvalue weighted by Gasteiger charge is -2.28. The third-order valence-electron chi connectivity index (χ3n) is 3.87. The van der Waals surface area contributed by atoms with E-state index in [-0.39, 0.29) is 0 Å². The molecule has 0 amide bonds. The second-order valence-electron chi connectivity index (χ2n) is 5.16. The molecule has 2 aliphatic heterocycles. The van der Waals surface area contributed by atoms with Crippen molar-refractivity contribution in [1.29, 1.82) is 0 Å². The average Bonchev–Trinajstić information content (AvgIpc) is 2.51. The first kappa shape index (κ1) is 18.9. The summed E-state index contributed by atoms with van der Waals surface area (Å²) in [6.07, 6.45) is 2.82. The molecule has 0 atom stereocenters. The number of morpholine rings is 1. The molecule has 0 aromatic rings. The summed E-state index contributed by atoms with van der Waals surface area (Å²) in [5.74, 6) is 0.979. The van der Waals surface area contributed by atoms with Gasteiger partial charge in [-0.3, -0.25) is 4.90 Å². The van der Waals surface area contributed by atoms with Crippen LogP contribution in [-0.2, 0) is 4.74 Å². The van der Waals surface area contributed by atoms with Gasteiger partial charge in [-0.25, -0.2) is 0 Å². The summed E-state index contributed by atoms with van der Waals surface area (Å²) in [5, 5.41) is 0. The van der Waals surface area contributed by atoms with Gasteiger partial charge < -0.3 is 9.64 Å². The smallest absolute Gasteiger partial charge is 0.0594 e. The minimum atomic E-state index is 0.924. The monoisotopic (exact) mass is 272 g/mol.